The van der Waals surface area contributed by atoms with Crippen LogP contribution in [0.2, 0.25) is 0 Å². The lowest BCUT2D eigenvalue weighted by atomic mass is 10.1. The van der Waals surface area contributed by atoms with Crippen LogP contribution in [0, 0.1) is 6.92 Å². The Morgan fingerprint density at radius 2 is 1.75 bits per heavy atom. The molecule has 0 aliphatic heterocycles. The maximum absolute atomic E-state index is 12.9. The van der Waals surface area contributed by atoms with Gasteiger partial charge in [0.25, 0.3) is 10.0 Å². The van der Waals surface area contributed by atoms with Crippen molar-refractivity contribution in [2.75, 3.05) is 13.7 Å². The summed E-state index contributed by atoms with van der Waals surface area (Å²) in [4.78, 5) is 12.0. The van der Waals surface area contributed by atoms with Crippen LogP contribution >= 0.6 is 11.9 Å². The van der Waals surface area contributed by atoms with Gasteiger partial charge in [0.2, 0.25) is 0 Å². The van der Waals surface area contributed by atoms with Gasteiger partial charge in [0, 0.05) is 11.4 Å². The number of hydrogen-bond donors (Lipinski definition) is 0. The van der Waals surface area contributed by atoms with Gasteiger partial charge in [0.05, 0.1) is 23.1 Å². The van der Waals surface area contributed by atoms with E-state index in [0.29, 0.717) is 10.5 Å². The fourth-order valence-electron chi connectivity index (χ4n) is 2.31. The zero-order chi connectivity index (χ0) is 21.1. The molecule has 5 nitrogen and oxygen atoms in total. The Bertz CT molecular complexity index is 958. The van der Waals surface area contributed by atoms with Crippen molar-refractivity contribution in [2.45, 2.75) is 29.8 Å². The molecular weight excluding hydrogens is 415 g/mol. The fourth-order valence-corrected chi connectivity index (χ4v) is 4.93. The zero-order valence-corrected chi connectivity index (χ0v) is 16.9. The summed E-state index contributed by atoms with van der Waals surface area (Å²) in [5.74, 6) is -0.659. The van der Waals surface area contributed by atoms with Gasteiger partial charge < -0.3 is 4.74 Å². The standard InChI is InChI=1S/C18H18F3NO4S2/c1-4-22(27-14-8-6-13(7-9-14)18(19,20)21)28(24,25)15-10-5-12(2)16(11-15)17(23)26-3/h5-11H,4H2,1-3H3. The Morgan fingerprint density at radius 1 is 1.14 bits per heavy atom. The number of aryl methyl sites for hydroxylation is 1. The van der Waals surface area contributed by atoms with Crippen molar-refractivity contribution < 1.29 is 31.1 Å². The molecule has 28 heavy (non-hydrogen) atoms. The third-order valence-corrected chi connectivity index (χ3v) is 7.23. The molecule has 0 amide bonds. The normalized spacial score (nSPS) is 12.2. The van der Waals surface area contributed by atoms with E-state index in [1.54, 1.807) is 13.8 Å². The third-order valence-electron chi connectivity index (χ3n) is 3.83. The van der Waals surface area contributed by atoms with Crippen LogP contribution in [0.25, 0.3) is 0 Å². The molecule has 0 spiro atoms. The first-order valence-corrected chi connectivity index (χ1v) is 10.3. The second kappa shape index (κ2) is 8.54. The summed E-state index contributed by atoms with van der Waals surface area (Å²) in [6.07, 6.45) is -4.47. The average molecular weight is 433 g/mol. The molecule has 0 aliphatic rings. The van der Waals surface area contributed by atoms with Crippen LogP contribution in [0.15, 0.2) is 52.3 Å². The second-order valence-corrected chi connectivity index (χ2v) is 8.89. The number of hydrogen-bond acceptors (Lipinski definition) is 5. The molecule has 2 aromatic rings. The lowest BCUT2D eigenvalue weighted by Gasteiger charge is -2.20. The molecule has 2 aromatic carbocycles. The smallest absolute Gasteiger partial charge is 0.416 e. The van der Waals surface area contributed by atoms with Gasteiger partial charge in [-0.2, -0.15) is 13.2 Å². The largest absolute Gasteiger partial charge is 0.465 e. The molecule has 0 aliphatic carbocycles. The SMILES string of the molecule is CCN(Sc1ccc(C(F)(F)F)cc1)S(=O)(=O)c1ccc(C)c(C(=O)OC)c1. The monoisotopic (exact) mass is 433 g/mol. The quantitative estimate of drug-likeness (QED) is 0.495. The predicted molar refractivity (Wildman–Crippen MR) is 99.4 cm³/mol. The Balaban J connectivity index is 2.34. The Morgan fingerprint density at radius 3 is 2.25 bits per heavy atom. The Kier molecular flexibility index (Phi) is 6.79. The zero-order valence-electron chi connectivity index (χ0n) is 15.3. The number of nitrogens with zero attached hydrogens (tertiary/aromatic N) is 1. The van der Waals surface area contributed by atoms with E-state index < -0.39 is 27.7 Å². The van der Waals surface area contributed by atoms with Gasteiger partial charge in [-0.3, -0.25) is 0 Å². The number of ether oxygens (including phenoxy) is 1. The van der Waals surface area contributed by atoms with Crippen LogP contribution in [-0.4, -0.2) is 31.8 Å². The first-order valence-electron chi connectivity index (χ1n) is 8.07. The number of benzene rings is 2. The van der Waals surface area contributed by atoms with Crippen molar-refractivity contribution in [3.05, 3.63) is 59.2 Å². The van der Waals surface area contributed by atoms with Crippen molar-refractivity contribution in [2.24, 2.45) is 0 Å². The van der Waals surface area contributed by atoms with Crippen molar-refractivity contribution in [3.63, 3.8) is 0 Å². The first-order chi connectivity index (χ1) is 13.0. The number of sulfonamides is 1. The molecule has 152 valence electrons. The van der Waals surface area contributed by atoms with Gasteiger partial charge in [0.1, 0.15) is 0 Å². The number of esters is 1. The van der Waals surface area contributed by atoms with Gasteiger partial charge in [-0.25, -0.2) is 13.2 Å². The summed E-state index contributed by atoms with van der Waals surface area (Å²) in [5, 5.41) is 0. The summed E-state index contributed by atoms with van der Waals surface area (Å²) in [7, 11) is -2.81. The number of rotatable bonds is 6. The van der Waals surface area contributed by atoms with Crippen LogP contribution in [0.4, 0.5) is 13.2 Å². The number of carbonyl (C=O) groups excluding carboxylic acids is 1. The molecule has 0 unspecified atom stereocenters. The van der Waals surface area contributed by atoms with E-state index in [1.807, 2.05) is 0 Å². The maximum Gasteiger partial charge on any atom is 0.416 e. The van der Waals surface area contributed by atoms with E-state index in [4.69, 9.17) is 0 Å². The number of methoxy groups -OCH3 is 1. The minimum Gasteiger partial charge on any atom is -0.465 e. The van der Waals surface area contributed by atoms with Crippen molar-refractivity contribution in [1.29, 1.82) is 0 Å². The fraction of sp³-hybridized carbons (Fsp3) is 0.278. The van der Waals surface area contributed by atoms with Gasteiger partial charge in [0.15, 0.2) is 0 Å². The third kappa shape index (κ3) is 4.86. The highest BCUT2D eigenvalue weighted by Gasteiger charge is 2.30. The molecule has 10 heteroatoms. The highest BCUT2D eigenvalue weighted by molar-refractivity contribution is 8.08. The molecule has 0 N–H and O–H groups in total. The summed E-state index contributed by atoms with van der Waals surface area (Å²) in [5.41, 5.74) is -0.132. The molecular formula is C18H18F3NO4S2. The van der Waals surface area contributed by atoms with Crippen LogP contribution in [-0.2, 0) is 20.9 Å². The van der Waals surface area contributed by atoms with E-state index in [2.05, 4.69) is 4.74 Å². The summed E-state index contributed by atoms with van der Waals surface area (Å²) < 4.78 is 69.6. The van der Waals surface area contributed by atoms with E-state index >= 15 is 0 Å². The number of alkyl halides is 3. The topological polar surface area (TPSA) is 63.7 Å². The van der Waals surface area contributed by atoms with E-state index in [-0.39, 0.29) is 17.0 Å². The Hall–Kier alpha value is -2.04. The molecule has 0 fully saturated rings. The highest BCUT2D eigenvalue weighted by Crippen LogP contribution is 2.33. The van der Waals surface area contributed by atoms with Crippen molar-refractivity contribution in [3.8, 4) is 0 Å². The van der Waals surface area contributed by atoms with Crippen LogP contribution < -0.4 is 0 Å². The predicted octanol–water partition coefficient (Wildman–Crippen LogP) is 4.52. The van der Waals surface area contributed by atoms with E-state index in [1.165, 1.54) is 37.4 Å². The van der Waals surface area contributed by atoms with Gasteiger partial charge in [-0.1, -0.05) is 13.0 Å². The van der Waals surface area contributed by atoms with Crippen LogP contribution in [0.3, 0.4) is 0 Å². The summed E-state index contributed by atoms with van der Waals surface area (Å²) in [6, 6.07) is 8.30. The molecule has 0 saturated carbocycles. The molecule has 2 rings (SSSR count). The lowest BCUT2D eigenvalue weighted by Crippen LogP contribution is -2.24. The summed E-state index contributed by atoms with van der Waals surface area (Å²) >= 11 is 0.796. The first kappa shape index (κ1) is 22.3. The van der Waals surface area contributed by atoms with Crippen LogP contribution in [0.5, 0.6) is 0 Å². The number of halogens is 3. The highest BCUT2D eigenvalue weighted by atomic mass is 32.3. The van der Waals surface area contributed by atoms with Gasteiger partial charge >= 0.3 is 12.1 Å². The molecule has 0 atom stereocenters. The number of carbonyl (C=O) groups is 1. The molecule has 0 aromatic heterocycles. The van der Waals surface area contributed by atoms with Gasteiger partial charge in [-0.05, 0) is 60.8 Å². The minimum atomic E-state index is -4.47. The van der Waals surface area contributed by atoms with Crippen molar-refractivity contribution in [1.82, 2.24) is 3.71 Å². The van der Waals surface area contributed by atoms with Crippen molar-refractivity contribution >= 4 is 27.9 Å². The van der Waals surface area contributed by atoms with E-state index in [0.717, 1.165) is 27.8 Å². The van der Waals surface area contributed by atoms with Crippen LogP contribution in [0.1, 0.15) is 28.4 Å². The average Bonchev–Trinajstić information content (AvgIpc) is 2.65. The molecule has 0 bridgehead atoms. The molecule has 0 saturated heterocycles. The Labute approximate surface area is 165 Å². The molecule has 0 heterocycles. The molecule has 0 radical (unpaired) electrons. The summed E-state index contributed by atoms with van der Waals surface area (Å²) in [6.45, 7) is 3.32. The minimum absolute atomic E-state index is 0.0649. The second-order valence-electron chi connectivity index (χ2n) is 5.71. The van der Waals surface area contributed by atoms with E-state index in [9.17, 15) is 26.4 Å². The van der Waals surface area contributed by atoms with Gasteiger partial charge in [-0.15, -0.1) is 3.71 Å². The lowest BCUT2D eigenvalue weighted by molar-refractivity contribution is -0.137. The maximum atomic E-state index is 12.9.